The van der Waals surface area contributed by atoms with Gasteiger partial charge in [-0.3, -0.25) is 0 Å². The molecule has 0 saturated carbocycles. The molecule has 0 fully saturated rings. The zero-order valence-corrected chi connectivity index (χ0v) is 6.05. The Kier molecular flexibility index (Phi) is 3.26. The van der Waals surface area contributed by atoms with Crippen molar-refractivity contribution in [1.29, 1.82) is 0 Å². The van der Waals surface area contributed by atoms with Gasteiger partial charge in [-0.05, 0) is 19.4 Å². The average molecular weight is 167 g/mol. The Morgan fingerprint density at radius 2 is 2.00 bits per heavy atom. The van der Waals surface area contributed by atoms with Crippen LogP contribution in [0.25, 0.3) is 0 Å². The molecule has 0 aromatic heterocycles. The monoisotopic (exact) mass is 166 g/mol. The maximum Gasteiger partial charge on any atom is 0.0966 e. The molecule has 0 aromatic rings. The molecule has 0 aliphatic carbocycles. The summed E-state index contributed by atoms with van der Waals surface area (Å²) in [6.07, 6.45) is 0. The van der Waals surface area contributed by atoms with Crippen LogP contribution in [0.5, 0.6) is 0 Å². The first kappa shape index (κ1) is 7.15. The first-order valence-electron chi connectivity index (χ1n) is 2.06. The summed E-state index contributed by atoms with van der Waals surface area (Å²) in [6.45, 7) is 3.21. The van der Waals surface area contributed by atoms with Crippen LogP contribution in [0.15, 0.2) is 11.4 Å². The Morgan fingerprint density at radius 1 is 1.57 bits per heavy atom. The number of hydrogen-bond acceptors (Lipinski definition) is 0. The van der Waals surface area contributed by atoms with Crippen LogP contribution in [0.1, 0.15) is 13.8 Å². The van der Waals surface area contributed by atoms with E-state index in [1.807, 2.05) is 0 Å². The molecule has 0 amide bonds. The van der Waals surface area contributed by atoms with Gasteiger partial charge in [0.2, 0.25) is 0 Å². The highest BCUT2D eigenvalue weighted by molar-refractivity contribution is 9.09. The first-order chi connectivity index (χ1) is 3.18. The van der Waals surface area contributed by atoms with E-state index in [2.05, 4.69) is 15.9 Å². The lowest BCUT2D eigenvalue weighted by Gasteiger charge is -1.89. The molecular weight excluding hydrogens is 159 g/mol. The minimum Gasteiger partial charge on any atom is -0.212 e. The van der Waals surface area contributed by atoms with Crippen molar-refractivity contribution in [3.8, 4) is 0 Å². The van der Waals surface area contributed by atoms with E-state index < -0.39 is 0 Å². The van der Waals surface area contributed by atoms with Crippen LogP contribution >= 0.6 is 15.9 Å². The van der Waals surface area contributed by atoms with Gasteiger partial charge in [0, 0.05) is 5.33 Å². The highest BCUT2D eigenvalue weighted by Crippen LogP contribution is 2.05. The summed E-state index contributed by atoms with van der Waals surface area (Å²) in [5.41, 5.74) is 0.764. The summed E-state index contributed by atoms with van der Waals surface area (Å²) in [5, 5.41) is 0.634. The lowest BCUT2D eigenvalue weighted by molar-refractivity contribution is 0.628. The van der Waals surface area contributed by atoms with Gasteiger partial charge < -0.3 is 0 Å². The lowest BCUT2D eigenvalue weighted by atomic mass is 10.3. The summed E-state index contributed by atoms with van der Waals surface area (Å²) in [4.78, 5) is 0. The highest BCUT2D eigenvalue weighted by Gasteiger charge is 1.88. The van der Waals surface area contributed by atoms with Gasteiger partial charge in [0.15, 0.2) is 0 Å². The van der Waals surface area contributed by atoms with Crippen LogP contribution in [0.3, 0.4) is 0 Å². The molecule has 0 aliphatic rings. The molecule has 0 saturated heterocycles. The fourth-order valence-corrected chi connectivity index (χ4v) is 0.478. The average Bonchev–Trinajstić information content (AvgIpc) is 1.65. The van der Waals surface area contributed by atoms with Gasteiger partial charge in [-0.15, -0.1) is 0 Å². The third-order valence-electron chi connectivity index (χ3n) is 0.789. The summed E-state index contributed by atoms with van der Waals surface area (Å²) >= 11 is 3.12. The molecule has 0 atom stereocenters. The number of halogens is 2. The molecule has 0 unspecified atom stereocenters. The van der Waals surface area contributed by atoms with Gasteiger partial charge in [-0.1, -0.05) is 15.9 Å². The van der Waals surface area contributed by atoms with E-state index in [4.69, 9.17) is 0 Å². The number of rotatable bonds is 1. The largest absolute Gasteiger partial charge is 0.212 e. The van der Waals surface area contributed by atoms with Gasteiger partial charge in [0.1, 0.15) is 0 Å². The second-order valence-electron chi connectivity index (χ2n) is 1.45. The molecule has 0 aliphatic heterocycles. The van der Waals surface area contributed by atoms with Crippen LogP contribution in [-0.4, -0.2) is 5.33 Å². The summed E-state index contributed by atoms with van der Waals surface area (Å²) in [7, 11) is 0. The van der Waals surface area contributed by atoms with Gasteiger partial charge in [-0.2, -0.15) is 0 Å². The SMILES string of the molecule is CC(F)=C(C)CBr. The Balaban J connectivity index is 3.72. The topological polar surface area (TPSA) is 0 Å². The van der Waals surface area contributed by atoms with Crippen molar-refractivity contribution in [2.45, 2.75) is 13.8 Å². The van der Waals surface area contributed by atoms with E-state index in [-0.39, 0.29) is 5.83 Å². The zero-order chi connectivity index (χ0) is 5.86. The van der Waals surface area contributed by atoms with E-state index in [0.29, 0.717) is 5.33 Å². The van der Waals surface area contributed by atoms with E-state index >= 15 is 0 Å². The quantitative estimate of drug-likeness (QED) is 0.526. The van der Waals surface area contributed by atoms with E-state index in [1.165, 1.54) is 6.92 Å². The second-order valence-corrected chi connectivity index (χ2v) is 2.01. The molecule has 0 heterocycles. The molecule has 0 bridgehead atoms. The van der Waals surface area contributed by atoms with Crippen LogP contribution in [0, 0.1) is 0 Å². The molecule has 2 heteroatoms. The van der Waals surface area contributed by atoms with Crippen LogP contribution in [0.2, 0.25) is 0 Å². The first-order valence-corrected chi connectivity index (χ1v) is 3.18. The van der Waals surface area contributed by atoms with Crippen LogP contribution in [-0.2, 0) is 0 Å². The van der Waals surface area contributed by atoms with Gasteiger partial charge in [0.25, 0.3) is 0 Å². The molecule has 0 aromatic carbocycles. The number of hydrogen-bond donors (Lipinski definition) is 0. The summed E-state index contributed by atoms with van der Waals surface area (Å²) in [5.74, 6) is -0.0862. The van der Waals surface area contributed by atoms with Crippen molar-refractivity contribution in [2.75, 3.05) is 5.33 Å². The van der Waals surface area contributed by atoms with Crippen molar-refractivity contribution in [1.82, 2.24) is 0 Å². The molecular formula is C5H8BrF. The second kappa shape index (κ2) is 3.19. The Labute approximate surface area is 51.5 Å². The molecule has 0 spiro atoms. The van der Waals surface area contributed by atoms with E-state index in [0.717, 1.165) is 5.57 Å². The highest BCUT2D eigenvalue weighted by atomic mass is 79.9. The predicted octanol–water partition coefficient (Wildman–Crippen LogP) is 2.64. The maximum atomic E-state index is 11.9. The fraction of sp³-hybridized carbons (Fsp3) is 0.600. The van der Waals surface area contributed by atoms with Gasteiger partial charge in [0.05, 0.1) is 5.83 Å². The predicted molar refractivity (Wildman–Crippen MR) is 33.3 cm³/mol. The Bertz CT molecular complexity index is 82.1. The molecule has 0 N–H and O–H groups in total. The summed E-state index contributed by atoms with van der Waals surface area (Å²) in [6, 6.07) is 0. The van der Waals surface area contributed by atoms with Crippen molar-refractivity contribution in [3.05, 3.63) is 11.4 Å². The number of alkyl halides is 1. The molecule has 7 heavy (non-hydrogen) atoms. The Morgan fingerprint density at radius 3 is 2.00 bits per heavy atom. The molecule has 42 valence electrons. The third kappa shape index (κ3) is 2.80. The summed E-state index contributed by atoms with van der Waals surface area (Å²) < 4.78 is 11.9. The van der Waals surface area contributed by atoms with Crippen molar-refractivity contribution >= 4 is 15.9 Å². The van der Waals surface area contributed by atoms with Crippen molar-refractivity contribution < 1.29 is 4.39 Å². The van der Waals surface area contributed by atoms with Crippen molar-refractivity contribution in [2.24, 2.45) is 0 Å². The minimum absolute atomic E-state index is 0.0862. The maximum absolute atomic E-state index is 11.9. The lowest BCUT2D eigenvalue weighted by Crippen LogP contribution is -1.76. The normalized spacial score (nSPS) is 13.7. The molecule has 0 nitrogen and oxygen atoms in total. The zero-order valence-electron chi connectivity index (χ0n) is 4.46. The van der Waals surface area contributed by atoms with E-state index in [1.54, 1.807) is 6.92 Å². The third-order valence-corrected chi connectivity index (χ3v) is 1.63. The van der Waals surface area contributed by atoms with Crippen LogP contribution in [0.4, 0.5) is 4.39 Å². The van der Waals surface area contributed by atoms with Gasteiger partial charge >= 0.3 is 0 Å². The number of allylic oxidation sites excluding steroid dienone is 2. The smallest absolute Gasteiger partial charge is 0.0966 e. The molecule has 0 radical (unpaired) electrons. The van der Waals surface area contributed by atoms with Crippen LogP contribution < -0.4 is 0 Å². The Hall–Kier alpha value is 0.150. The molecule has 0 rings (SSSR count). The minimum atomic E-state index is -0.0862. The standard InChI is InChI=1S/C5H8BrF/c1-4(3-6)5(2)7/h3H2,1-2H3. The van der Waals surface area contributed by atoms with E-state index in [9.17, 15) is 4.39 Å². The van der Waals surface area contributed by atoms with Crippen molar-refractivity contribution in [3.63, 3.8) is 0 Å². The van der Waals surface area contributed by atoms with Gasteiger partial charge in [-0.25, -0.2) is 4.39 Å². The fourth-order valence-electron chi connectivity index (χ4n) is 0.0921.